The van der Waals surface area contributed by atoms with Gasteiger partial charge in [-0.2, -0.15) is 0 Å². The predicted octanol–water partition coefficient (Wildman–Crippen LogP) is 3.92. The highest BCUT2D eigenvalue weighted by Crippen LogP contribution is 2.22. The molecule has 0 saturated heterocycles. The summed E-state index contributed by atoms with van der Waals surface area (Å²) in [5, 5.41) is 2.91. The van der Waals surface area contributed by atoms with Crippen molar-refractivity contribution in [3.05, 3.63) is 47.2 Å². The summed E-state index contributed by atoms with van der Waals surface area (Å²) in [6.07, 6.45) is 0.864. The van der Waals surface area contributed by atoms with E-state index in [9.17, 15) is 4.79 Å². The molecule has 0 spiro atoms. The number of aryl methyl sites for hydroxylation is 2. The minimum absolute atomic E-state index is 0.148. The molecule has 0 radical (unpaired) electrons. The molecule has 0 aliphatic rings. The molecule has 1 aromatic heterocycles. The summed E-state index contributed by atoms with van der Waals surface area (Å²) >= 11 is 0. The van der Waals surface area contributed by atoms with Crippen molar-refractivity contribution in [3.8, 4) is 0 Å². The molecule has 0 atom stereocenters. The van der Waals surface area contributed by atoms with Crippen LogP contribution in [0.3, 0.4) is 0 Å². The van der Waals surface area contributed by atoms with Crippen LogP contribution in [0, 0.1) is 6.92 Å². The van der Waals surface area contributed by atoms with Crippen LogP contribution in [0.1, 0.15) is 54.4 Å². The minimum atomic E-state index is -0.241. The van der Waals surface area contributed by atoms with Gasteiger partial charge in [0.15, 0.2) is 5.89 Å². The third-order valence-electron chi connectivity index (χ3n) is 3.16. The van der Waals surface area contributed by atoms with E-state index in [2.05, 4.69) is 17.2 Å². The van der Waals surface area contributed by atoms with Gasteiger partial charge in [0.2, 0.25) is 5.76 Å². The zero-order valence-electron chi connectivity index (χ0n) is 12.4. The maximum atomic E-state index is 12.4. The van der Waals surface area contributed by atoms with Crippen LogP contribution in [0.2, 0.25) is 0 Å². The molecule has 0 aliphatic heterocycles. The van der Waals surface area contributed by atoms with E-state index >= 15 is 0 Å². The van der Waals surface area contributed by atoms with Crippen molar-refractivity contribution in [2.75, 3.05) is 5.32 Å². The third-order valence-corrected chi connectivity index (χ3v) is 3.16. The number of oxazole rings is 1. The minimum Gasteiger partial charge on any atom is -0.436 e. The molecule has 1 amide bonds. The molecule has 1 heterocycles. The van der Waals surface area contributed by atoms with E-state index in [0.717, 1.165) is 17.7 Å². The van der Waals surface area contributed by atoms with E-state index in [1.54, 1.807) is 6.92 Å². The van der Waals surface area contributed by atoms with Gasteiger partial charge >= 0.3 is 0 Å². The van der Waals surface area contributed by atoms with Gasteiger partial charge in [-0.1, -0.05) is 39.0 Å². The highest BCUT2D eigenvalue weighted by molar-refractivity contribution is 6.03. The van der Waals surface area contributed by atoms with Gasteiger partial charge < -0.3 is 9.73 Å². The average molecular weight is 272 g/mol. The molecule has 0 saturated carbocycles. The van der Waals surface area contributed by atoms with E-state index in [-0.39, 0.29) is 11.8 Å². The van der Waals surface area contributed by atoms with Gasteiger partial charge in [-0.15, -0.1) is 0 Å². The highest BCUT2D eigenvalue weighted by atomic mass is 16.4. The maximum Gasteiger partial charge on any atom is 0.293 e. The lowest BCUT2D eigenvalue weighted by Crippen LogP contribution is -2.14. The monoisotopic (exact) mass is 272 g/mol. The summed E-state index contributed by atoms with van der Waals surface area (Å²) in [5.74, 6) is 0.732. The number of benzene rings is 1. The van der Waals surface area contributed by atoms with Crippen LogP contribution in [-0.2, 0) is 6.42 Å². The van der Waals surface area contributed by atoms with Crippen LogP contribution in [-0.4, -0.2) is 10.9 Å². The smallest absolute Gasteiger partial charge is 0.293 e. The van der Waals surface area contributed by atoms with Crippen molar-refractivity contribution < 1.29 is 9.21 Å². The summed E-state index contributed by atoms with van der Waals surface area (Å²) in [4.78, 5) is 16.7. The standard InChI is InChI=1S/C16H20N2O2/c1-5-12-8-6-7-9-13(12)18-16(19)15-14(10(2)3)17-11(4)20-15/h6-10H,5H2,1-4H3,(H,18,19). The third kappa shape index (κ3) is 2.90. The van der Waals surface area contributed by atoms with Gasteiger partial charge in [0.25, 0.3) is 5.91 Å². The van der Waals surface area contributed by atoms with Crippen LogP contribution >= 0.6 is 0 Å². The van der Waals surface area contributed by atoms with E-state index in [0.29, 0.717) is 17.3 Å². The summed E-state index contributed by atoms with van der Waals surface area (Å²) < 4.78 is 5.46. The van der Waals surface area contributed by atoms with E-state index in [1.807, 2.05) is 38.1 Å². The zero-order valence-corrected chi connectivity index (χ0v) is 12.4. The topological polar surface area (TPSA) is 55.1 Å². The zero-order chi connectivity index (χ0) is 14.7. The summed E-state index contributed by atoms with van der Waals surface area (Å²) in [6.45, 7) is 7.80. The number of aromatic nitrogens is 1. The summed E-state index contributed by atoms with van der Waals surface area (Å²) in [7, 11) is 0. The number of carbonyl (C=O) groups excluding carboxylic acids is 1. The van der Waals surface area contributed by atoms with Crippen molar-refractivity contribution in [3.63, 3.8) is 0 Å². The number of hydrogen-bond donors (Lipinski definition) is 1. The first kappa shape index (κ1) is 14.3. The average Bonchev–Trinajstić information content (AvgIpc) is 2.82. The molecule has 1 aromatic carbocycles. The molecule has 0 aliphatic carbocycles. The van der Waals surface area contributed by atoms with Crippen LogP contribution in [0.4, 0.5) is 5.69 Å². The number of hydrogen-bond acceptors (Lipinski definition) is 3. The van der Waals surface area contributed by atoms with Crippen molar-refractivity contribution >= 4 is 11.6 Å². The lowest BCUT2D eigenvalue weighted by atomic mass is 10.1. The van der Waals surface area contributed by atoms with Crippen LogP contribution in [0.25, 0.3) is 0 Å². The molecule has 0 unspecified atom stereocenters. The van der Waals surface area contributed by atoms with Gasteiger partial charge in [-0.05, 0) is 24.0 Å². The Kier molecular flexibility index (Phi) is 4.23. The molecular formula is C16H20N2O2. The van der Waals surface area contributed by atoms with Crippen molar-refractivity contribution in [1.82, 2.24) is 4.98 Å². The SMILES string of the molecule is CCc1ccccc1NC(=O)c1oc(C)nc1C(C)C. The lowest BCUT2D eigenvalue weighted by Gasteiger charge is -2.09. The fourth-order valence-corrected chi connectivity index (χ4v) is 2.13. The molecule has 20 heavy (non-hydrogen) atoms. The van der Waals surface area contributed by atoms with Gasteiger partial charge in [0, 0.05) is 12.6 Å². The number of para-hydroxylation sites is 1. The lowest BCUT2D eigenvalue weighted by molar-refractivity contribution is 0.0993. The fraction of sp³-hybridized carbons (Fsp3) is 0.375. The van der Waals surface area contributed by atoms with Crippen LogP contribution in [0.15, 0.2) is 28.7 Å². The summed E-state index contributed by atoms with van der Waals surface area (Å²) in [6, 6.07) is 7.77. The second-order valence-corrected chi connectivity index (χ2v) is 5.07. The largest absolute Gasteiger partial charge is 0.436 e. The van der Waals surface area contributed by atoms with Crippen molar-refractivity contribution in [1.29, 1.82) is 0 Å². The first-order valence-corrected chi connectivity index (χ1v) is 6.89. The Bertz CT molecular complexity index is 615. The second kappa shape index (κ2) is 5.90. The van der Waals surface area contributed by atoms with Gasteiger partial charge in [-0.3, -0.25) is 4.79 Å². The van der Waals surface area contributed by atoms with Gasteiger partial charge in [0.05, 0.1) is 5.69 Å². The fourth-order valence-electron chi connectivity index (χ4n) is 2.13. The van der Waals surface area contributed by atoms with Crippen LogP contribution in [0.5, 0.6) is 0 Å². The molecule has 0 fully saturated rings. The first-order valence-electron chi connectivity index (χ1n) is 6.89. The van der Waals surface area contributed by atoms with E-state index in [1.165, 1.54) is 0 Å². The number of carbonyl (C=O) groups is 1. The number of amides is 1. The van der Waals surface area contributed by atoms with Gasteiger partial charge in [-0.25, -0.2) is 4.98 Å². The molecule has 4 heteroatoms. The molecule has 2 rings (SSSR count). The Labute approximate surface area is 119 Å². The predicted molar refractivity (Wildman–Crippen MR) is 79.1 cm³/mol. The number of rotatable bonds is 4. The van der Waals surface area contributed by atoms with Crippen LogP contribution < -0.4 is 5.32 Å². The highest BCUT2D eigenvalue weighted by Gasteiger charge is 2.21. The van der Waals surface area contributed by atoms with Crippen molar-refractivity contribution in [2.24, 2.45) is 0 Å². The van der Waals surface area contributed by atoms with Crippen molar-refractivity contribution in [2.45, 2.75) is 40.0 Å². The number of nitrogens with zero attached hydrogens (tertiary/aromatic N) is 1. The molecule has 4 nitrogen and oxygen atoms in total. The second-order valence-electron chi connectivity index (χ2n) is 5.07. The molecule has 2 aromatic rings. The normalized spacial score (nSPS) is 10.8. The Morgan fingerprint density at radius 2 is 2.05 bits per heavy atom. The Balaban J connectivity index is 2.28. The first-order chi connectivity index (χ1) is 9.52. The molecule has 0 bridgehead atoms. The Morgan fingerprint density at radius 1 is 1.35 bits per heavy atom. The Hall–Kier alpha value is -2.10. The van der Waals surface area contributed by atoms with E-state index in [4.69, 9.17) is 4.42 Å². The molecule has 106 valence electrons. The quantitative estimate of drug-likeness (QED) is 0.917. The van der Waals surface area contributed by atoms with E-state index < -0.39 is 0 Å². The Morgan fingerprint density at radius 3 is 2.70 bits per heavy atom. The number of anilines is 1. The summed E-state index contributed by atoms with van der Waals surface area (Å²) in [5.41, 5.74) is 2.63. The van der Waals surface area contributed by atoms with Gasteiger partial charge in [0.1, 0.15) is 0 Å². The maximum absolute atomic E-state index is 12.4. The number of nitrogens with one attached hydrogen (secondary N) is 1. The molecular weight excluding hydrogens is 252 g/mol. The molecule has 1 N–H and O–H groups in total.